The molecule has 0 saturated carbocycles. The van der Waals surface area contributed by atoms with E-state index in [1.807, 2.05) is 60.7 Å². The van der Waals surface area contributed by atoms with E-state index in [0.29, 0.717) is 16.7 Å². The summed E-state index contributed by atoms with van der Waals surface area (Å²) in [5, 5.41) is 6.03. The number of esters is 2. The molecule has 2 aliphatic heterocycles. The smallest absolute Gasteiger partial charge is 0.356 e. The number of nitrogens with zero attached hydrogens (tertiary/aromatic N) is 2. The van der Waals surface area contributed by atoms with Gasteiger partial charge in [0.05, 0.1) is 5.56 Å². The maximum absolute atomic E-state index is 14.2. The van der Waals surface area contributed by atoms with Gasteiger partial charge < -0.3 is 19.6 Å². The number of thioether (sulfide) groups is 1. The molecular formula is C37H31N3O7S. The van der Waals surface area contributed by atoms with E-state index in [-0.39, 0.29) is 23.8 Å². The number of nitrogens with one attached hydrogen (secondary N) is 1. The topological polar surface area (TPSA) is 124 Å². The first kappa shape index (κ1) is 32.3. The van der Waals surface area contributed by atoms with E-state index >= 15 is 0 Å². The monoisotopic (exact) mass is 661 g/mol. The number of amides is 2. The van der Waals surface area contributed by atoms with Crippen molar-refractivity contribution in [2.75, 3.05) is 19.5 Å². The average Bonchev–Trinajstić information content (AvgIpc) is 3.14. The van der Waals surface area contributed by atoms with Crippen molar-refractivity contribution in [2.24, 2.45) is 5.16 Å². The van der Waals surface area contributed by atoms with Crippen LogP contribution in [0.1, 0.15) is 33.2 Å². The highest BCUT2D eigenvalue weighted by atomic mass is 32.2. The first-order valence-corrected chi connectivity index (χ1v) is 16.2. The number of carbonyl (C=O) groups is 4. The second kappa shape index (κ2) is 14.8. The van der Waals surface area contributed by atoms with Gasteiger partial charge in [0.25, 0.3) is 11.8 Å². The number of carbonyl (C=O) groups excluding carboxylic acids is 4. The summed E-state index contributed by atoms with van der Waals surface area (Å²) in [7, 11) is 1.33. The number of rotatable bonds is 11. The van der Waals surface area contributed by atoms with Crippen LogP contribution in [0, 0.1) is 0 Å². The van der Waals surface area contributed by atoms with Crippen LogP contribution in [0.25, 0.3) is 0 Å². The van der Waals surface area contributed by atoms with Crippen LogP contribution < -0.4 is 5.32 Å². The van der Waals surface area contributed by atoms with Crippen molar-refractivity contribution < 1.29 is 33.5 Å². The fourth-order valence-electron chi connectivity index (χ4n) is 5.46. The van der Waals surface area contributed by atoms with Gasteiger partial charge in [-0.05, 0) is 23.3 Å². The Bertz CT molecular complexity index is 1810. The van der Waals surface area contributed by atoms with Crippen molar-refractivity contribution in [2.45, 2.75) is 17.5 Å². The Hall–Kier alpha value is -5.68. The molecule has 10 nitrogen and oxygen atoms in total. The van der Waals surface area contributed by atoms with Crippen LogP contribution in [0.5, 0.6) is 0 Å². The molecule has 242 valence electrons. The highest BCUT2D eigenvalue weighted by Gasteiger charge is 2.55. The van der Waals surface area contributed by atoms with Crippen molar-refractivity contribution in [3.63, 3.8) is 0 Å². The number of hydrogen-bond acceptors (Lipinski definition) is 9. The van der Waals surface area contributed by atoms with E-state index in [9.17, 15) is 19.2 Å². The van der Waals surface area contributed by atoms with E-state index in [2.05, 4.69) is 10.5 Å². The minimum Gasteiger partial charge on any atom is -0.457 e. The molecule has 2 aliphatic rings. The zero-order valence-corrected chi connectivity index (χ0v) is 26.7. The Morgan fingerprint density at radius 1 is 0.812 bits per heavy atom. The van der Waals surface area contributed by atoms with Crippen molar-refractivity contribution in [3.05, 3.63) is 155 Å². The molecule has 1 N–H and O–H groups in total. The summed E-state index contributed by atoms with van der Waals surface area (Å²) < 4.78 is 11.8. The summed E-state index contributed by atoms with van der Waals surface area (Å²) in [6, 6.07) is 34.8. The molecule has 4 aromatic carbocycles. The maximum Gasteiger partial charge on any atom is 0.356 e. The van der Waals surface area contributed by atoms with Gasteiger partial charge in [-0.3, -0.25) is 14.5 Å². The number of benzene rings is 4. The van der Waals surface area contributed by atoms with Gasteiger partial charge in [0.15, 0.2) is 11.8 Å². The van der Waals surface area contributed by atoms with Crippen molar-refractivity contribution >= 4 is 41.2 Å². The maximum atomic E-state index is 14.2. The van der Waals surface area contributed by atoms with E-state index < -0.39 is 41.3 Å². The third-order valence-electron chi connectivity index (χ3n) is 7.79. The van der Waals surface area contributed by atoms with E-state index in [4.69, 9.17) is 14.3 Å². The van der Waals surface area contributed by atoms with Crippen LogP contribution in [0.15, 0.2) is 138 Å². The molecule has 0 aliphatic carbocycles. The van der Waals surface area contributed by atoms with Gasteiger partial charge in [0, 0.05) is 16.9 Å². The van der Waals surface area contributed by atoms with Gasteiger partial charge in [-0.15, -0.1) is 11.8 Å². The van der Waals surface area contributed by atoms with Crippen LogP contribution >= 0.6 is 11.8 Å². The quantitative estimate of drug-likeness (QED) is 0.104. The Kier molecular flexibility index (Phi) is 9.96. The molecule has 0 radical (unpaired) electrons. The molecule has 2 heterocycles. The van der Waals surface area contributed by atoms with Crippen molar-refractivity contribution in [1.82, 2.24) is 10.2 Å². The van der Waals surface area contributed by atoms with Crippen LogP contribution in [0.2, 0.25) is 0 Å². The molecule has 4 aromatic rings. The Morgan fingerprint density at radius 3 is 1.92 bits per heavy atom. The van der Waals surface area contributed by atoms with E-state index in [0.717, 1.165) is 11.1 Å². The fraction of sp³-hybridized carbons (Fsp3) is 0.162. The second-order valence-corrected chi connectivity index (χ2v) is 12.0. The lowest BCUT2D eigenvalue weighted by molar-refractivity contribution is -0.154. The summed E-state index contributed by atoms with van der Waals surface area (Å²) in [4.78, 5) is 60.3. The predicted octanol–water partition coefficient (Wildman–Crippen LogP) is 4.88. The normalized spacial score (nSPS) is 17.2. The van der Waals surface area contributed by atoms with Gasteiger partial charge in [-0.2, -0.15) is 0 Å². The second-order valence-electron chi connectivity index (χ2n) is 10.9. The zero-order valence-electron chi connectivity index (χ0n) is 25.9. The lowest BCUT2D eigenvalue weighted by Gasteiger charge is -2.49. The molecule has 0 unspecified atom stereocenters. The molecular weight excluding hydrogens is 630 g/mol. The molecule has 1 saturated heterocycles. The number of oxime groups is 1. The lowest BCUT2D eigenvalue weighted by Crippen LogP contribution is -2.71. The summed E-state index contributed by atoms with van der Waals surface area (Å²) in [5.41, 5.74) is 2.74. The largest absolute Gasteiger partial charge is 0.457 e. The van der Waals surface area contributed by atoms with Gasteiger partial charge in [0.1, 0.15) is 30.8 Å². The summed E-state index contributed by atoms with van der Waals surface area (Å²) >= 11 is 1.34. The first-order valence-electron chi connectivity index (χ1n) is 15.1. The Labute approximate surface area is 281 Å². The van der Waals surface area contributed by atoms with Crippen LogP contribution in [-0.4, -0.2) is 65.2 Å². The highest BCUT2D eigenvalue weighted by molar-refractivity contribution is 8.00. The van der Waals surface area contributed by atoms with Crippen LogP contribution in [-0.2, 0) is 28.7 Å². The van der Waals surface area contributed by atoms with Crippen molar-refractivity contribution in [1.29, 1.82) is 0 Å². The SMILES string of the molecule is CON=C(C(=O)N[C@@H]1C(=O)N2C(C(=O)OC(c3ccccc3)c3ccccc3)=C(COC(=O)c3ccccc3)CS[C@H]12)c1ccccc1. The summed E-state index contributed by atoms with van der Waals surface area (Å²) in [5.74, 6) is -2.20. The third-order valence-corrected chi connectivity index (χ3v) is 9.13. The molecule has 0 bridgehead atoms. The molecule has 6 rings (SSSR count). The van der Waals surface area contributed by atoms with Crippen LogP contribution in [0.4, 0.5) is 0 Å². The molecule has 0 aromatic heterocycles. The Morgan fingerprint density at radius 2 is 1.35 bits per heavy atom. The van der Waals surface area contributed by atoms with Crippen molar-refractivity contribution in [3.8, 4) is 0 Å². The lowest BCUT2D eigenvalue weighted by atomic mass is 10.0. The van der Waals surface area contributed by atoms with E-state index in [1.54, 1.807) is 60.7 Å². The van der Waals surface area contributed by atoms with Gasteiger partial charge in [0.2, 0.25) is 0 Å². The van der Waals surface area contributed by atoms with Gasteiger partial charge >= 0.3 is 11.9 Å². The van der Waals surface area contributed by atoms with Gasteiger partial charge in [-0.25, -0.2) is 9.59 Å². The van der Waals surface area contributed by atoms with Crippen LogP contribution in [0.3, 0.4) is 0 Å². The average molecular weight is 662 g/mol. The minimum atomic E-state index is -0.955. The highest BCUT2D eigenvalue weighted by Crippen LogP contribution is 2.42. The van der Waals surface area contributed by atoms with Gasteiger partial charge in [-0.1, -0.05) is 114 Å². The van der Waals surface area contributed by atoms with E-state index in [1.165, 1.54) is 23.8 Å². The number of β-lactam (4-membered cyclic amide) rings is 1. The minimum absolute atomic E-state index is 0.00223. The number of fused-ring (bicyclic) bond motifs is 1. The molecule has 48 heavy (non-hydrogen) atoms. The molecule has 1 fully saturated rings. The molecule has 0 spiro atoms. The fourth-order valence-corrected chi connectivity index (χ4v) is 6.79. The zero-order chi connectivity index (χ0) is 33.5. The number of ether oxygens (including phenoxy) is 2. The summed E-state index contributed by atoms with van der Waals surface area (Å²) in [6.07, 6.45) is -0.779. The summed E-state index contributed by atoms with van der Waals surface area (Å²) in [6.45, 7) is -0.237. The third kappa shape index (κ3) is 6.86. The molecule has 2 amide bonds. The number of hydrogen-bond donors (Lipinski definition) is 1. The Balaban J connectivity index is 1.29. The molecule has 11 heteroatoms. The predicted molar refractivity (Wildman–Crippen MR) is 180 cm³/mol. The first-order chi connectivity index (χ1) is 23.5. The standard InChI is InChI=1S/C37H31N3O7S/c1-45-39-29(24-14-6-2-7-15-24)33(41)38-30-34(42)40-31(28(23-48-35(30)40)22-46-36(43)27-20-12-5-13-21-27)37(44)47-32(25-16-8-3-9-17-25)26-18-10-4-11-19-26/h2-21,30,32,35H,22-23H2,1H3,(H,38,41)/t30-,35-/m1/s1. The molecule has 2 atom stereocenters.